The van der Waals surface area contributed by atoms with Gasteiger partial charge in [0.25, 0.3) is 0 Å². The van der Waals surface area contributed by atoms with E-state index >= 15 is 0 Å². The normalized spacial score (nSPS) is 13.5. The van der Waals surface area contributed by atoms with Crippen molar-refractivity contribution in [3.8, 4) is 0 Å². The molecule has 0 amide bonds. The molecule has 6 heteroatoms. The minimum atomic E-state index is -0.838. The van der Waals surface area contributed by atoms with Crippen molar-refractivity contribution in [2.24, 2.45) is 0 Å². The van der Waals surface area contributed by atoms with E-state index in [0.717, 1.165) is 96.3 Å². The van der Waals surface area contributed by atoms with E-state index < -0.39 is 6.10 Å². The molecule has 0 aromatic carbocycles. The van der Waals surface area contributed by atoms with E-state index in [0.29, 0.717) is 19.3 Å². The molecule has 0 N–H and O–H groups in total. The van der Waals surface area contributed by atoms with E-state index in [2.05, 4.69) is 93.7 Å². The van der Waals surface area contributed by atoms with Crippen LogP contribution in [0.4, 0.5) is 0 Å². The van der Waals surface area contributed by atoms with E-state index in [9.17, 15) is 14.4 Å². The fourth-order valence-electron chi connectivity index (χ4n) is 5.51. The van der Waals surface area contributed by atoms with Gasteiger partial charge in [0.15, 0.2) is 6.10 Å². The molecular weight excluding hydrogens is 769 g/mol. The first-order chi connectivity index (χ1) is 30.5. The first-order valence-corrected chi connectivity index (χ1v) is 23.6. The summed E-state index contributed by atoms with van der Waals surface area (Å²) in [5.41, 5.74) is 0. The number of hydrogen-bond acceptors (Lipinski definition) is 6. The molecule has 0 aliphatic carbocycles. The summed E-state index contributed by atoms with van der Waals surface area (Å²) in [4.78, 5) is 37.8. The third-order valence-electron chi connectivity index (χ3n) is 8.98. The highest BCUT2D eigenvalue weighted by Gasteiger charge is 2.19. The molecule has 0 radical (unpaired) electrons. The molecule has 342 valence electrons. The summed E-state index contributed by atoms with van der Waals surface area (Å²) in [6, 6.07) is 0. The van der Waals surface area contributed by atoms with Crippen molar-refractivity contribution in [1.82, 2.24) is 0 Å². The largest absolute Gasteiger partial charge is 0.462 e. The Hall–Kier alpha value is -4.97. The highest BCUT2D eigenvalue weighted by molar-refractivity contribution is 5.71. The van der Waals surface area contributed by atoms with Gasteiger partial charge in [-0.3, -0.25) is 14.4 Å². The predicted molar refractivity (Wildman–Crippen MR) is 265 cm³/mol. The van der Waals surface area contributed by atoms with E-state index in [1.54, 1.807) is 0 Å². The minimum Gasteiger partial charge on any atom is -0.462 e. The molecule has 0 heterocycles. The molecule has 0 aliphatic heterocycles. The van der Waals surface area contributed by atoms with Crippen LogP contribution in [0.3, 0.4) is 0 Å². The molecular formula is C56H82O6. The summed E-state index contributed by atoms with van der Waals surface area (Å²) in [5.74, 6) is -1.07. The Labute approximate surface area is 378 Å². The number of rotatable bonds is 39. The third kappa shape index (κ3) is 46.1. The standard InChI is InChI=1S/C56H82O6/c1-4-7-10-13-16-19-22-24-26-27-28-30-31-34-37-40-43-46-49-55(58)61-52-53(51-60-54(57)48-45-42-39-36-33-21-18-15-12-9-6-3)62-56(59)50-47-44-41-38-35-32-29-25-23-20-17-14-11-8-5-2/h8-14,16-30,32,35-36,39,53H,4-7,15,31,33-34,37-38,40-52H2,1-3H3/b11-8-,12-9-,13-10-,17-14-,19-16-,21-18-,23-20-,24-22-,27-26-,29-25-,30-28-,35-32-,39-36-. The highest BCUT2D eigenvalue weighted by atomic mass is 16.6. The summed E-state index contributed by atoms with van der Waals surface area (Å²) in [6.07, 6.45) is 70.8. The Morgan fingerprint density at radius 3 is 1.24 bits per heavy atom. The van der Waals surface area contributed by atoms with E-state index in [-0.39, 0.29) is 44.0 Å². The van der Waals surface area contributed by atoms with Crippen LogP contribution in [0.15, 0.2) is 158 Å². The molecule has 0 aromatic rings. The first-order valence-electron chi connectivity index (χ1n) is 23.6. The van der Waals surface area contributed by atoms with Gasteiger partial charge in [-0.2, -0.15) is 0 Å². The summed E-state index contributed by atoms with van der Waals surface area (Å²) >= 11 is 0. The third-order valence-corrected chi connectivity index (χ3v) is 8.98. The molecule has 0 rings (SSSR count). The average Bonchev–Trinajstić information content (AvgIpc) is 3.27. The maximum Gasteiger partial charge on any atom is 0.306 e. The number of carbonyl (C=O) groups excluding carboxylic acids is 3. The molecule has 1 atom stereocenters. The number of esters is 3. The Morgan fingerprint density at radius 2 is 0.726 bits per heavy atom. The molecule has 0 saturated carbocycles. The Kier molecular flexibility index (Phi) is 44.8. The Morgan fingerprint density at radius 1 is 0.355 bits per heavy atom. The fraction of sp³-hybridized carbons (Fsp3) is 0.482. The highest BCUT2D eigenvalue weighted by Crippen LogP contribution is 2.11. The second-order valence-corrected chi connectivity index (χ2v) is 14.8. The van der Waals surface area contributed by atoms with E-state index in [1.165, 1.54) is 6.42 Å². The SMILES string of the molecule is CC\C=C/C=C\C=C/C=C\C=C/CCCCCC(=O)OC(COC(=O)CCC/C=C\C/C=C\C/C=C\CC)COC(=O)CCCCCCC\C=C/C=C\C=C/C=C\C=C/CCC. The number of allylic oxidation sites excluding steroid dienone is 26. The van der Waals surface area contributed by atoms with Gasteiger partial charge in [0, 0.05) is 19.3 Å². The minimum absolute atomic E-state index is 0.133. The van der Waals surface area contributed by atoms with Gasteiger partial charge in [0.05, 0.1) is 0 Å². The fourth-order valence-corrected chi connectivity index (χ4v) is 5.51. The van der Waals surface area contributed by atoms with Crippen molar-refractivity contribution in [1.29, 1.82) is 0 Å². The van der Waals surface area contributed by atoms with Crippen LogP contribution in [0.25, 0.3) is 0 Å². The van der Waals surface area contributed by atoms with E-state index in [1.807, 2.05) is 85.1 Å². The van der Waals surface area contributed by atoms with Crippen LogP contribution in [0.5, 0.6) is 0 Å². The zero-order valence-corrected chi connectivity index (χ0v) is 38.8. The molecule has 62 heavy (non-hydrogen) atoms. The summed E-state index contributed by atoms with van der Waals surface area (Å²) in [7, 11) is 0. The first kappa shape index (κ1) is 57.0. The number of ether oxygens (including phenoxy) is 3. The summed E-state index contributed by atoms with van der Waals surface area (Å²) < 4.78 is 16.6. The van der Waals surface area contributed by atoms with Gasteiger partial charge in [-0.25, -0.2) is 0 Å². The average molecular weight is 851 g/mol. The number of hydrogen-bond donors (Lipinski definition) is 0. The lowest BCUT2D eigenvalue weighted by Crippen LogP contribution is -2.30. The Bertz CT molecular complexity index is 1490. The van der Waals surface area contributed by atoms with Crippen molar-refractivity contribution in [2.75, 3.05) is 13.2 Å². The molecule has 0 aromatic heterocycles. The lowest BCUT2D eigenvalue weighted by atomic mass is 10.1. The zero-order valence-electron chi connectivity index (χ0n) is 38.8. The van der Waals surface area contributed by atoms with Gasteiger partial charge < -0.3 is 14.2 Å². The van der Waals surface area contributed by atoms with Crippen LogP contribution < -0.4 is 0 Å². The second kappa shape index (κ2) is 48.7. The molecule has 0 saturated heterocycles. The van der Waals surface area contributed by atoms with Gasteiger partial charge in [-0.15, -0.1) is 0 Å². The molecule has 0 fully saturated rings. The van der Waals surface area contributed by atoms with Crippen molar-refractivity contribution in [3.63, 3.8) is 0 Å². The lowest BCUT2D eigenvalue weighted by Gasteiger charge is -2.18. The maximum atomic E-state index is 12.7. The molecule has 6 nitrogen and oxygen atoms in total. The zero-order chi connectivity index (χ0) is 45.1. The predicted octanol–water partition coefficient (Wildman–Crippen LogP) is 15.5. The Balaban J connectivity index is 4.61. The van der Waals surface area contributed by atoms with Gasteiger partial charge in [-0.1, -0.05) is 211 Å². The lowest BCUT2D eigenvalue weighted by molar-refractivity contribution is -0.167. The topological polar surface area (TPSA) is 78.9 Å². The smallest absolute Gasteiger partial charge is 0.306 e. The van der Waals surface area contributed by atoms with Gasteiger partial charge in [0.2, 0.25) is 0 Å². The van der Waals surface area contributed by atoms with Gasteiger partial charge >= 0.3 is 17.9 Å². The second-order valence-electron chi connectivity index (χ2n) is 14.8. The van der Waals surface area contributed by atoms with Crippen molar-refractivity contribution in [2.45, 2.75) is 162 Å². The van der Waals surface area contributed by atoms with Crippen molar-refractivity contribution >= 4 is 17.9 Å². The van der Waals surface area contributed by atoms with Crippen LogP contribution in [0.2, 0.25) is 0 Å². The van der Waals surface area contributed by atoms with Crippen LogP contribution in [0, 0.1) is 0 Å². The monoisotopic (exact) mass is 851 g/mol. The molecule has 1 unspecified atom stereocenters. The molecule has 0 aliphatic rings. The van der Waals surface area contributed by atoms with Gasteiger partial charge in [0.1, 0.15) is 13.2 Å². The van der Waals surface area contributed by atoms with Crippen LogP contribution in [-0.4, -0.2) is 37.2 Å². The van der Waals surface area contributed by atoms with Crippen molar-refractivity contribution < 1.29 is 28.6 Å². The number of unbranched alkanes of at least 4 members (excludes halogenated alkanes) is 10. The molecule has 0 bridgehead atoms. The van der Waals surface area contributed by atoms with E-state index in [4.69, 9.17) is 14.2 Å². The number of carbonyl (C=O) groups is 3. The van der Waals surface area contributed by atoms with Crippen LogP contribution >= 0.6 is 0 Å². The van der Waals surface area contributed by atoms with Crippen LogP contribution in [0.1, 0.15) is 156 Å². The molecule has 0 spiro atoms. The summed E-state index contributed by atoms with van der Waals surface area (Å²) in [6.45, 7) is 6.13. The van der Waals surface area contributed by atoms with Gasteiger partial charge in [-0.05, 0) is 83.5 Å². The quantitative estimate of drug-likeness (QED) is 0.0202. The van der Waals surface area contributed by atoms with Crippen molar-refractivity contribution in [3.05, 3.63) is 158 Å². The van der Waals surface area contributed by atoms with Crippen LogP contribution in [-0.2, 0) is 28.6 Å². The summed E-state index contributed by atoms with van der Waals surface area (Å²) in [5, 5.41) is 0. The maximum absolute atomic E-state index is 12.7.